The van der Waals surface area contributed by atoms with E-state index in [-0.39, 0.29) is 0 Å². The Morgan fingerprint density at radius 2 is 2.12 bits per heavy atom. The topological polar surface area (TPSA) is 51.8 Å². The number of pyridine rings is 2. The summed E-state index contributed by atoms with van der Waals surface area (Å²) in [4.78, 5) is 8.99. The SMILES string of the molecule is C=Cc1ccc2c(Cl)c3c(nc2c1)CC(c1ccnc(N)c1)CC3. The Kier molecular flexibility index (Phi) is 3.73. The molecule has 1 unspecified atom stereocenters. The van der Waals surface area contributed by atoms with Crippen molar-refractivity contribution < 1.29 is 0 Å². The zero-order valence-corrected chi connectivity index (χ0v) is 14.1. The summed E-state index contributed by atoms with van der Waals surface area (Å²) in [5, 5.41) is 1.87. The van der Waals surface area contributed by atoms with Gasteiger partial charge in [0.15, 0.2) is 0 Å². The van der Waals surface area contributed by atoms with Gasteiger partial charge in [0.25, 0.3) is 0 Å². The number of aromatic nitrogens is 2. The molecule has 1 atom stereocenters. The van der Waals surface area contributed by atoms with Crippen molar-refractivity contribution in [1.82, 2.24) is 9.97 Å². The molecular formula is C20H18ClN3. The van der Waals surface area contributed by atoms with Crippen molar-refractivity contribution in [3.63, 3.8) is 0 Å². The predicted molar refractivity (Wildman–Crippen MR) is 100 cm³/mol. The number of rotatable bonds is 2. The molecule has 0 fully saturated rings. The first kappa shape index (κ1) is 15.2. The molecule has 4 rings (SSSR count). The van der Waals surface area contributed by atoms with E-state index in [2.05, 4.69) is 11.6 Å². The highest BCUT2D eigenvalue weighted by molar-refractivity contribution is 6.36. The number of nitrogen functional groups attached to an aromatic ring is 1. The Bertz CT molecular complexity index is 949. The van der Waals surface area contributed by atoms with Crippen molar-refractivity contribution in [2.24, 2.45) is 0 Å². The van der Waals surface area contributed by atoms with Crippen LogP contribution in [0, 0.1) is 0 Å². The maximum atomic E-state index is 6.68. The Morgan fingerprint density at radius 3 is 2.92 bits per heavy atom. The van der Waals surface area contributed by atoms with E-state index >= 15 is 0 Å². The van der Waals surface area contributed by atoms with Gasteiger partial charge >= 0.3 is 0 Å². The normalized spacial score (nSPS) is 16.8. The minimum Gasteiger partial charge on any atom is -0.384 e. The summed E-state index contributed by atoms with van der Waals surface area (Å²) in [6.45, 7) is 3.83. The third-order valence-corrected chi connectivity index (χ3v) is 5.25. The number of hydrogen-bond acceptors (Lipinski definition) is 3. The van der Waals surface area contributed by atoms with E-state index in [0.717, 1.165) is 46.4 Å². The Labute approximate surface area is 146 Å². The zero-order chi connectivity index (χ0) is 16.7. The van der Waals surface area contributed by atoms with Gasteiger partial charge in [0.1, 0.15) is 5.82 Å². The van der Waals surface area contributed by atoms with Gasteiger partial charge < -0.3 is 5.73 Å². The van der Waals surface area contributed by atoms with Crippen LogP contribution < -0.4 is 5.73 Å². The lowest BCUT2D eigenvalue weighted by Crippen LogP contribution is -2.15. The molecule has 0 amide bonds. The monoisotopic (exact) mass is 335 g/mol. The number of halogens is 1. The van der Waals surface area contributed by atoms with E-state index in [4.69, 9.17) is 22.3 Å². The van der Waals surface area contributed by atoms with Crippen LogP contribution >= 0.6 is 11.6 Å². The molecular weight excluding hydrogens is 318 g/mol. The number of nitrogens with two attached hydrogens (primary N) is 1. The maximum Gasteiger partial charge on any atom is 0.123 e. The third kappa shape index (κ3) is 2.55. The van der Waals surface area contributed by atoms with Crippen molar-refractivity contribution in [3.05, 3.63) is 70.5 Å². The summed E-state index contributed by atoms with van der Waals surface area (Å²) in [7, 11) is 0. The van der Waals surface area contributed by atoms with Crippen LogP contribution in [0.25, 0.3) is 17.0 Å². The summed E-state index contributed by atoms with van der Waals surface area (Å²) >= 11 is 6.68. The average Bonchev–Trinajstić information content (AvgIpc) is 2.61. The molecule has 120 valence electrons. The van der Waals surface area contributed by atoms with Crippen LogP contribution in [0.1, 0.15) is 34.7 Å². The standard InChI is InChI=1S/C20H18ClN3/c1-2-12-3-5-15-17(9-12)24-18-10-13(4-6-16(18)20(15)21)14-7-8-23-19(22)11-14/h2-3,5,7-9,11,13H,1,4,6,10H2,(H2,22,23). The van der Waals surface area contributed by atoms with Crippen LogP contribution in [-0.4, -0.2) is 9.97 Å². The van der Waals surface area contributed by atoms with E-state index in [0.29, 0.717) is 11.7 Å². The van der Waals surface area contributed by atoms with Crippen LogP contribution in [0.4, 0.5) is 5.82 Å². The van der Waals surface area contributed by atoms with Crippen molar-refractivity contribution in [1.29, 1.82) is 0 Å². The largest absolute Gasteiger partial charge is 0.384 e. The molecule has 0 spiro atoms. The van der Waals surface area contributed by atoms with Gasteiger partial charge in [-0.25, -0.2) is 4.98 Å². The number of fused-ring (bicyclic) bond motifs is 2. The second-order valence-corrected chi connectivity index (χ2v) is 6.66. The quantitative estimate of drug-likeness (QED) is 0.733. The van der Waals surface area contributed by atoms with Crippen molar-refractivity contribution in [2.45, 2.75) is 25.2 Å². The van der Waals surface area contributed by atoms with E-state index in [9.17, 15) is 0 Å². The van der Waals surface area contributed by atoms with Gasteiger partial charge in [-0.2, -0.15) is 0 Å². The predicted octanol–water partition coefficient (Wildman–Crippen LogP) is 4.78. The summed E-state index contributed by atoms with van der Waals surface area (Å²) in [6.07, 6.45) is 6.47. The lowest BCUT2D eigenvalue weighted by Gasteiger charge is -2.25. The summed E-state index contributed by atoms with van der Waals surface area (Å²) in [6, 6.07) is 10.1. The first-order valence-corrected chi connectivity index (χ1v) is 8.48. The van der Waals surface area contributed by atoms with E-state index in [1.807, 2.05) is 36.4 Å². The van der Waals surface area contributed by atoms with Gasteiger partial charge in [-0.3, -0.25) is 4.98 Å². The van der Waals surface area contributed by atoms with Crippen LogP contribution in [0.3, 0.4) is 0 Å². The van der Waals surface area contributed by atoms with Crippen LogP contribution in [0.15, 0.2) is 43.1 Å². The number of anilines is 1. The van der Waals surface area contributed by atoms with Gasteiger partial charge in [0.2, 0.25) is 0 Å². The first-order chi connectivity index (χ1) is 11.7. The highest BCUT2D eigenvalue weighted by Crippen LogP contribution is 2.38. The number of benzene rings is 1. The van der Waals surface area contributed by atoms with Crippen LogP contribution in [0.2, 0.25) is 5.02 Å². The van der Waals surface area contributed by atoms with Gasteiger partial charge in [-0.05, 0) is 60.1 Å². The average molecular weight is 336 g/mol. The van der Waals surface area contributed by atoms with E-state index < -0.39 is 0 Å². The molecule has 0 saturated carbocycles. The molecule has 2 heterocycles. The summed E-state index contributed by atoms with van der Waals surface area (Å²) in [5.74, 6) is 0.977. The zero-order valence-electron chi connectivity index (χ0n) is 13.3. The fourth-order valence-corrected chi connectivity index (χ4v) is 3.90. The van der Waals surface area contributed by atoms with Gasteiger partial charge in [0.05, 0.1) is 10.5 Å². The highest BCUT2D eigenvalue weighted by atomic mass is 35.5. The molecule has 0 bridgehead atoms. The Morgan fingerprint density at radius 1 is 1.25 bits per heavy atom. The van der Waals surface area contributed by atoms with Crippen molar-refractivity contribution in [3.8, 4) is 0 Å². The molecule has 1 aromatic carbocycles. The molecule has 1 aliphatic carbocycles. The summed E-state index contributed by atoms with van der Waals surface area (Å²) < 4.78 is 0. The second kappa shape index (κ2) is 5.91. The fraction of sp³-hybridized carbons (Fsp3) is 0.200. The molecule has 0 saturated heterocycles. The third-order valence-electron chi connectivity index (χ3n) is 4.82. The molecule has 24 heavy (non-hydrogen) atoms. The lowest BCUT2D eigenvalue weighted by atomic mass is 9.82. The van der Waals surface area contributed by atoms with Crippen molar-refractivity contribution >= 4 is 34.4 Å². The van der Waals surface area contributed by atoms with E-state index in [1.165, 1.54) is 11.1 Å². The minimum absolute atomic E-state index is 0.409. The number of nitrogens with zero attached hydrogens (tertiary/aromatic N) is 2. The fourth-order valence-electron chi connectivity index (χ4n) is 3.54. The minimum atomic E-state index is 0.409. The molecule has 3 aromatic rings. The van der Waals surface area contributed by atoms with Crippen LogP contribution in [-0.2, 0) is 12.8 Å². The lowest BCUT2D eigenvalue weighted by molar-refractivity contribution is 0.575. The molecule has 0 radical (unpaired) electrons. The van der Waals surface area contributed by atoms with Gasteiger partial charge in [0, 0.05) is 17.3 Å². The molecule has 4 heteroatoms. The Hall–Kier alpha value is -2.39. The molecule has 0 aliphatic heterocycles. The number of hydrogen-bond donors (Lipinski definition) is 1. The molecule has 3 nitrogen and oxygen atoms in total. The summed E-state index contributed by atoms with van der Waals surface area (Å²) in [5.41, 5.74) is 11.3. The molecule has 2 aromatic heterocycles. The van der Waals surface area contributed by atoms with Crippen molar-refractivity contribution in [2.75, 3.05) is 5.73 Å². The van der Waals surface area contributed by atoms with Gasteiger partial charge in [-0.15, -0.1) is 0 Å². The second-order valence-electron chi connectivity index (χ2n) is 6.29. The molecule has 2 N–H and O–H groups in total. The van der Waals surface area contributed by atoms with Crippen LogP contribution in [0.5, 0.6) is 0 Å². The highest BCUT2D eigenvalue weighted by Gasteiger charge is 2.24. The van der Waals surface area contributed by atoms with Gasteiger partial charge in [-0.1, -0.05) is 36.4 Å². The maximum absolute atomic E-state index is 6.68. The smallest absolute Gasteiger partial charge is 0.123 e. The molecule has 1 aliphatic rings. The van der Waals surface area contributed by atoms with E-state index in [1.54, 1.807) is 6.20 Å². The first-order valence-electron chi connectivity index (χ1n) is 8.10. The Balaban J connectivity index is 1.78.